The molecule has 1 aromatic carbocycles. The Morgan fingerprint density at radius 3 is 2.34 bits per heavy atom. The summed E-state index contributed by atoms with van der Waals surface area (Å²) in [6, 6.07) is 5.81. The molecular weight excluding hydrogens is 454 g/mol. The predicted molar refractivity (Wildman–Crippen MR) is 121 cm³/mol. The van der Waals surface area contributed by atoms with Crippen molar-refractivity contribution < 1.29 is 27.5 Å². The fraction of sp³-hybridized carbons (Fsp3) is 0.478. The minimum atomic E-state index is -4.28. The van der Waals surface area contributed by atoms with Crippen LogP contribution in [0.3, 0.4) is 0 Å². The van der Waals surface area contributed by atoms with E-state index in [2.05, 4.69) is 0 Å². The van der Waals surface area contributed by atoms with Crippen LogP contribution in [0.4, 0.5) is 0 Å². The van der Waals surface area contributed by atoms with Gasteiger partial charge in [0.2, 0.25) is 10.0 Å². The molecule has 1 unspecified atom stereocenters. The number of carbonyl (C=O) groups excluding carboxylic acids is 2. The van der Waals surface area contributed by atoms with E-state index < -0.39 is 28.1 Å². The summed E-state index contributed by atoms with van der Waals surface area (Å²) in [6.07, 6.45) is 9.09. The summed E-state index contributed by atoms with van der Waals surface area (Å²) in [5.74, 6) is -0.820. The normalized spacial score (nSPS) is 21.8. The van der Waals surface area contributed by atoms with Crippen LogP contribution in [0.5, 0.6) is 5.75 Å². The topological polar surface area (TPSA) is 90.0 Å². The average Bonchev–Trinajstić information content (AvgIpc) is 2.82. The van der Waals surface area contributed by atoms with Crippen molar-refractivity contribution in [2.24, 2.45) is 5.92 Å². The van der Waals surface area contributed by atoms with E-state index in [1.165, 1.54) is 44.6 Å². The number of nitrogens with zero attached hydrogens (tertiary/aromatic N) is 1. The number of benzene rings is 1. The first-order valence-corrected chi connectivity index (χ1v) is 12.4. The van der Waals surface area contributed by atoms with Crippen molar-refractivity contribution >= 4 is 33.4 Å². The molecular formula is C23H28ClNO6S. The molecule has 0 aliphatic heterocycles. The molecule has 0 N–H and O–H groups in total. The van der Waals surface area contributed by atoms with Gasteiger partial charge < -0.3 is 9.47 Å². The lowest BCUT2D eigenvalue weighted by molar-refractivity contribution is -0.143. The third-order valence-corrected chi connectivity index (χ3v) is 8.22. The second-order valence-electron chi connectivity index (χ2n) is 8.02. The van der Waals surface area contributed by atoms with E-state index in [-0.39, 0.29) is 28.0 Å². The van der Waals surface area contributed by atoms with Crippen LogP contribution in [0.25, 0.3) is 0 Å². The van der Waals surface area contributed by atoms with Crippen LogP contribution >= 0.6 is 11.6 Å². The largest absolute Gasteiger partial charge is 0.497 e. The second kappa shape index (κ2) is 10.2. The van der Waals surface area contributed by atoms with Gasteiger partial charge in [-0.25, -0.2) is 8.42 Å². The van der Waals surface area contributed by atoms with Crippen LogP contribution in [0.2, 0.25) is 0 Å². The maximum atomic E-state index is 13.9. The van der Waals surface area contributed by atoms with E-state index in [9.17, 15) is 18.0 Å². The Hall–Kier alpha value is -2.16. The van der Waals surface area contributed by atoms with Crippen molar-refractivity contribution in [3.05, 3.63) is 47.5 Å². The SMILES string of the molecule is COC(=O)CN(C1(C(=O)C2CCCCC2)C=C(Cl)C=CC1)S(=O)(=O)c1ccc(OC)cc1. The van der Waals surface area contributed by atoms with Crippen molar-refractivity contribution in [2.45, 2.75) is 49.0 Å². The average molecular weight is 482 g/mol. The van der Waals surface area contributed by atoms with Gasteiger partial charge in [-0.3, -0.25) is 9.59 Å². The highest BCUT2D eigenvalue weighted by Crippen LogP contribution is 2.40. The summed E-state index contributed by atoms with van der Waals surface area (Å²) in [7, 11) is -1.62. The number of esters is 1. The zero-order chi connectivity index (χ0) is 23.4. The van der Waals surface area contributed by atoms with Gasteiger partial charge in [0.1, 0.15) is 17.8 Å². The van der Waals surface area contributed by atoms with Crippen molar-refractivity contribution in [3.8, 4) is 5.75 Å². The van der Waals surface area contributed by atoms with Gasteiger partial charge in [-0.15, -0.1) is 0 Å². The Morgan fingerprint density at radius 2 is 1.78 bits per heavy atom. The van der Waals surface area contributed by atoms with Gasteiger partial charge in [-0.1, -0.05) is 36.9 Å². The molecule has 0 saturated heterocycles. The van der Waals surface area contributed by atoms with Crippen molar-refractivity contribution in [2.75, 3.05) is 20.8 Å². The highest BCUT2D eigenvalue weighted by Gasteiger charge is 2.51. The van der Waals surface area contributed by atoms with Gasteiger partial charge in [0.15, 0.2) is 5.78 Å². The van der Waals surface area contributed by atoms with Crippen LogP contribution in [0, 0.1) is 5.92 Å². The number of ketones is 1. The molecule has 0 spiro atoms. The lowest BCUT2D eigenvalue weighted by atomic mass is 9.75. The number of hydrogen-bond donors (Lipinski definition) is 0. The molecule has 3 rings (SSSR count). The van der Waals surface area contributed by atoms with E-state index in [4.69, 9.17) is 21.1 Å². The molecule has 0 heterocycles. The molecule has 9 heteroatoms. The molecule has 2 aliphatic rings. The zero-order valence-electron chi connectivity index (χ0n) is 18.3. The first-order valence-electron chi connectivity index (χ1n) is 10.6. The van der Waals surface area contributed by atoms with Crippen molar-refractivity contribution in [3.63, 3.8) is 0 Å². The van der Waals surface area contributed by atoms with Gasteiger partial charge in [0.05, 0.1) is 19.1 Å². The van der Waals surface area contributed by atoms with E-state index in [0.717, 1.165) is 23.6 Å². The Kier molecular flexibility index (Phi) is 7.79. The Balaban J connectivity index is 2.15. The van der Waals surface area contributed by atoms with Crippen LogP contribution < -0.4 is 4.74 Å². The highest BCUT2D eigenvalue weighted by molar-refractivity contribution is 7.89. The number of halogens is 1. The molecule has 1 atom stereocenters. The number of sulfonamides is 1. The third kappa shape index (κ3) is 4.92. The van der Waals surface area contributed by atoms with E-state index in [0.29, 0.717) is 18.6 Å². The molecule has 174 valence electrons. The molecule has 32 heavy (non-hydrogen) atoms. The molecule has 0 aromatic heterocycles. The van der Waals surface area contributed by atoms with Gasteiger partial charge in [0.25, 0.3) is 0 Å². The van der Waals surface area contributed by atoms with Crippen LogP contribution in [0.15, 0.2) is 52.4 Å². The van der Waals surface area contributed by atoms with E-state index >= 15 is 0 Å². The number of ether oxygens (including phenoxy) is 2. The second-order valence-corrected chi connectivity index (χ2v) is 10.3. The van der Waals surface area contributed by atoms with Crippen LogP contribution in [0.1, 0.15) is 38.5 Å². The van der Waals surface area contributed by atoms with Crippen molar-refractivity contribution in [1.82, 2.24) is 4.31 Å². The Bertz CT molecular complexity index is 1010. The van der Waals surface area contributed by atoms with Gasteiger partial charge in [-0.05, 0) is 55.7 Å². The van der Waals surface area contributed by atoms with Gasteiger partial charge in [-0.2, -0.15) is 4.31 Å². The summed E-state index contributed by atoms with van der Waals surface area (Å²) in [6.45, 7) is -0.613. The molecule has 1 fully saturated rings. The number of carbonyl (C=O) groups is 2. The Labute approximate surface area is 194 Å². The fourth-order valence-electron chi connectivity index (χ4n) is 4.37. The number of Topliss-reactive ketones (excluding diaryl/α,β-unsaturated/α-hetero) is 1. The first-order chi connectivity index (χ1) is 15.2. The summed E-state index contributed by atoms with van der Waals surface area (Å²) in [4.78, 5) is 26.2. The minimum Gasteiger partial charge on any atom is -0.497 e. The Morgan fingerprint density at radius 1 is 1.12 bits per heavy atom. The minimum absolute atomic E-state index is 0.0582. The maximum absolute atomic E-state index is 13.9. The van der Waals surface area contributed by atoms with Gasteiger partial charge >= 0.3 is 5.97 Å². The summed E-state index contributed by atoms with van der Waals surface area (Å²) < 4.78 is 38.5. The summed E-state index contributed by atoms with van der Waals surface area (Å²) in [5.41, 5.74) is -1.61. The molecule has 1 saturated carbocycles. The zero-order valence-corrected chi connectivity index (χ0v) is 19.8. The molecule has 2 aliphatic carbocycles. The number of hydrogen-bond acceptors (Lipinski definition) is 6. The summed E-state index contributed by atoms with van der Waals surface area (Å²) >= 11 is 6.30. The van der Waals surface area contributed by atoms with Crippen LogP contribution in [-0.2, 0) is 24.3 Å². The van der Waals surface area contributed by atoms with Gasteiger partial charge in [0, 0.05) is 11.0 Å². The molecule has 1 aromatic rings. The van der Waals surface area contributed by atoms with Crippen LogP contribution in [-0.4, -0.2) is 50.8 Å². The lowest BCUT2D eigenvalue weighted by Gasteiger charge is -2.42. The lowest BCUT2D eigenvalue weighted by Crippen LogP contribution is -2.59. The third-order valence-electron chi connectivity index (χ3n) is 6.08. The molecule has 0 bridgehead atoms. The monoisotopic (exact) mass is 481 g/mol. The summed E-state index contributed by atoms with van der Waals surface area (Å²) in [5, 5.41) is 0.250. The quantitative estimate of drug-likeness (QED) is 0.524. The number of methoxy groups -OCH3 is 2. The molecule has 0 radical (unpaired) electrons. The number of allylic oxidation sites excluding steroid dienone is 2. The molecule has 7 nitrogen and oxygen atoms in total. The predicted octanol–water partition coefficient (Wildman–Crippen LogP) is 3.83. The fourth-order valence-corrected chi connectivity index (χ4v) is 6.30. The van der Waals surface area contributed by atoms with E-state index in [1.807, 2.05) is 0 Å². The smallest absolute Gasteiger partial charge is 0.321 e. The maximum Gasteiger partial charge on any atom is 0.321 e. The molecule has 0 amide bonds. The standard InChI is InChI=1S/C23H28ClNO6S/c1-30-19-10-12-20(13-11-19)32(28,29)25(16-21(26)31-2)23(14-6-9-18(24)15-23)22(27)17-7-4-3-5-8-17/h6,9-13,15,17H,3-5,7-8,14,16H2,1-2H3. The first kappa shape index (κ1) is 24.5. The highest BCUT2D eigenvalue weighted by atomic mass is 35.5. The number of rotatable bonds is 8. The van der Waals surface area contributed by atoms with Crippen molar-refractivity contribution in [1.29, 1.82) is 0 Å². The van der Waals surface area contributed by atoms with E-state index in [1.54, 1.807) is 12.2 Å².